The van der Waals surface area contributed by atoms with E-state index in [4.69, 9.17) is 10.5 Å². The van der Waals surface area contributed by atoms with Gasteiger partial charge in [-0.1, -0.05) is 24.3 Å². The van der Waals surface area contributed by atoms with Gasteiger partial charge in [0.2, 0.25) is 0 Å². The zero-order valence-electron chi connectivity index (χ0n) is 9.78. The predicted octanol–water partition coefficient (Wildman–Crippen LogP) is 1.76. The van der Waals surface area contributed by atoms with Crippen LogP contribution in [0.2, 0.25) is 0 Å². The lowest BCUT2D eigenvalue weighted by Crippen LogP contribution is -2.24. The highest BCUT2D eigenvalue weighted by Crippen LogP contribution is 2.36. The topological polar surface area (TPSA) is 47.3 Å². The summed E-state index contributed by atoms with van der Waals surface area (Å²) in [6.07, 6.45) is 0.992. The van der Waals surface area contributed by atoms with E-state index < -0.39 is 0 Å². The van der Waals surface area contributed by atoms with Crippen molar-refractivity contribution in [1.82, 2.24) is 5.32 Å². The Labute approximate surface area is 97.0 Å². The molecule has 0 heterocycles. The van der Waals surface area contributed by atoms with Crippen LogP contribution in [0.5, 0.6) is 0 Å². The second kappa shape index (κ2) is 5.43. The highest BCUT2D eigenvalue weighted by molar-refractivity contribution is 5.37. The summed E-state index contributed by atoms with van der Waals surface area (Å²) in [6.45, 7) is 4.45. The van der Waals surface area contributed by atoms with E-state index >= 15 is 0 Å². The van der Waals surface area contributed by atoms with Gasteiger partial charge in [-0.25, -0.2) is 0 Å². The van der Waals surface area contributed by atoms with E-state index in [0.717, 1.165) is 26.2 Å². The summed E-state index contributed by atoms with van der Waals surface area (Å²) in [7, 11) is 0. The number of ether oxygens (including phenoxy) is 1. The van der Waals surface area contributed by atoms with Crippen LogP contribution in [-0.4, -0.2) is 19.8 Å². The van der Waals surface area contributed by atoms with Crippen molar-refractivity contribution in [2.75, 3.05) is 19.8 Å². The molecular formula is C13H20N2O. The van der Waals surface area contributed by atoms with Crippen LogP contribution in [0.4, 0.5) is 0 Å². The van der Waals surface area contributed by atoms with Gasteiger partial charge >= 0.3 is 0 Å². The molecule has 2 atom stereocenters. The first-order valence-electron chi connectivity index (χ1n) is 5.98. The van der Waals surface area contributed by atoms with E-state index in [2.05, 4.69) is 29.6 Å². The van der Waals surface area contributed by atoms with Crippen molar-refractivity contribution in [2.24, 2.45) is 5.73 Å². The van der Waals surface area contributed by atoms with Gasteiger partial charge in [0.25, 0.3) is 0 Å². The van der Waals surface area contributed by atoms with E-state index in [1.54, 1.807) is 0 Å². The molecule has 3 N–H and O–H groups in total. The summed E-state index contributed by atoms with van der Waals surface area (Å²) in [5.41, 5.74) is 8.74. The third-order valence-electron chi connectivity index (χ3n) is 3.10. The molecule has 3 heteroatoms. The average molecular weight is 220 g/mol. The van der Waals surface area contributed by atoms with Gasteiger partial charge in [0, 0.05) is 25.2 Å². The Morgan fingerprint density at radius 1 is 1.38 bits per heavy atom. The standard InChI is InChI=1S/C13H20N2O/c1-2-16-8-7-15-13-9-12(14)10-5-3-4-6-11(10)13/h3-6,12-13,15H,2,7-9,14H2,1H3. The first-order chi connectivity index (χ1) is 7.83. The van der Waals surface area contributed by atoms with Crippen LogP contribution < -0.4 is 11.1 Å². The Balaban J connectivity index is 1.93. The molecule has 0 aromatic heterocycles. The number of rotatable bonds is 5. The molecule has 0 saturated carbocycles. The van der Waals surface area contributed by atoms with Gasteiger partial charge in [-0.3, -0.25) is 0 Å². The highest BCUT2D eigenvalue weighted by Gasteiger charge is 2.27. The molecule has 16 heavy (non-hydrogen) atoms. The van der Waals surface area contributed by atoms with Gasteiger partial charge in [0.1, 0.15) is 0 Å². The zero-order valence-corrected chi connectivity index (χ0v) is 9.78. The smallest absolute Gasteiger partial charge is 0.0590 e. The van der Waals surface area contributed by atoms with Crippen LogP contribution in [0.15, 0.2) is 24.3 Å². The number of benzene rings is 1. The molecule has 0 bridgehead atoms. The maximum atomic E-state index is 6.10. The zero-order chi connectivity index (χ0) is 11.4. The van der Waals surface area contributed by atoms with Gasteiger partial charge in [-0.2, -0.15) is 0 Å². The van der Waals surface area contributed by atoms with Crippen molar-refractivity contribution in [2.45, 2.75) is 25.4 Å². The molecule has 0 spiro atoms. The van der Waals surface area contributed by atoms with Crippen molar-refractivity contribution >= 4 is 0 Å². The third-order valence-corrected chi connectivity index (χ3v) is 3.10. The third kappa shape index (κ3) is 2.43. The highest BCUT2D eigenvalue weighted by atomic mass is 16.5. The van der Waals surface area contributed by atoms with Crippen molar-refractivity contribution in [3.05, 3.63) is 35.4 Å². The number of hydrogen-bond donors (Lipinski definition) is 2. The van der Waals surface area contributed by atoms with Gasteiger partial charge in [-0.05, 0) is 24.5 Å². The molecule has 0 amide bonds. The maximum Gasteiger partial charge on any atom is 0.0590 e. The fraction of sp³-hybridized carbons (Fsp3) is 0.538. The minimum Gasteiger partial charge on any atom is -0.380 e. The normalized spacial score (nSPS) is 23.4. The molecule has 0 fully saturated rings. The Morgan fingerprint density at radius 2 is 2.12 bits per heavy atom. The van der Waals surface area contributed by atoms with E-state index in [0.29, 0.717) is 6.04 Å². The SMILES string of the molecule is CCOCCNC1CC(N)c2ccccc21. The molecule has 1 aromatic rings. The first kappa shape index (κ1) is 11.6. The summed E-state index contributed by atoms with van der Waals surface area (Å²) in [5, 5.41) is 3.50. The Kier molecular flexibility index (Phi) is 3.93. The number of nitrogens with one attached hydrogen (secondary N) is 1. The van der Waals surface area contributed by atoms with Crippen LogP contribution in [0, 0.1) is 0 Å². The maximum absolute atomic E-state index is 6.10. The van der Waals surface area contributed by atoms with Crippen LogP contribution in [0.3, 0.4) is 0 Å². The number of hydrogen-bond acceptors (Lipinski definition) is 3. The first-order valence-corrected chi connectivity index (χ1v) is 5.98. The molecule has 0 saturated heterocycles. The molecule has 3 nitrogen and oxygen atoms in total. The van der Waals surface area contributed by atoms with Crippen LogP contribution in [-0.2, 0) is 4.74 Å². The molecule has 2 rings (SSSR count). The Morgan fingerprint density at radius 3 is 2.88 bits per heavy atom. The monoisotopic (exact) mass is 220 g/mol. The lowest BCUT2D eigenvalue weighted by molar-refractivity contribution is 0.146. The summed E-state index contributed by atoms with van der Waals surface area (Å²) in [4.78, 5) is 0. The average Bonchev–Trinajstić information content (AvgIpc) is 2.63. The minimum absolute atomic E-state index is 0.181. The van der Waals surface area contributed by atoms with Gasteiger partial charge < -0.3 is 15.8 Å². The minimum atomic E-state index is 0.181. The lowest BCUT2D eigenvalue weighted by Gasteiger charge is -2.13. The molecular weight excluding hydrogens is 200 g/mol. The molecule has 1 aliphatic rings. The molecule has 1 aromatic carbocycles. The summed E-state index contributed by atoms with van der Waals surface area (Å²) in [6, 6.07) is 9.01. The molecule has 88 valence electrons. The summed E-state index contributed by atoms with van der Waals surface area (Å²) in [5.74, 6) is 0. The van der Waals surface area contributed by atoms with Gasteiger partial charge in [0.05, 0.1) is 6.61 Å². The number of fused-ring (bicyclic) bond motifs is 1. The van der Waals surface area contributed by atoms with E-state index in [9.17, 15) is 0 Å². The van der Waals surface area contributed by atoms with Crippen LogP contribution >= 0.6 is 0 Å². The molecule has 0 radical (unpaired) electrons. The van der Waals surface area contributed by atoms with Crippen molar-refractivity contribution in [3.63, 3.8) is 0 Å². The predicted molar refractivity (Wildman–Crippen MR) is 65.2 cm³/mol. The lowest BCUT2D eigenvalue weighted by atomic mass is 10.1. The van der Waals surface area contributed by atoms with Crippen LogP contribution in [0.1, 0.15) is 36.6 Å². The second-order valence-corrected chi connectivity index (χ2v) is 4.17. The fourth-order valence-electron chi connectivity index (χ4n) is 2.32. The van der Waals surface area contributed by atoms with Gasteiger partial charge in [0.15, 0.2) is 0 Å². The van der Waals surface area contributed by atoms with Crippen LogP contribution in [0.25, 0.3) is 0 Å². The van der Waals surface area contributed by atoms with E-state index in [1.165, 1.54) is 11.1 Å². The summed E-state index contributed by atoms with van der Waals surface area (Å²) < 4.78 is 5.31. The fourth-order valence-corrected chi connectivity index (χ4v) is 2.32. The largest absolute Gasteiger partial charge is 0.380 e. The van der Waals surface area contributed by atoms with Gasteiger partial charge in [-0.15, -0.1) is 0 Å². The number of nitrogens with two attached hydrogens (primary N) is 1. The van der Waals surface area contributed by atoms with Crippen molar-refractivity contribution < 1.29 is 4.74 Å². The molecule has 1 aliphatic carbocycles. The quantitative estimate of drug-likeness (QED) is 0.743. The Bertz CT molecular complexity index is 340. The molecule has 2 unspecified atom stereocenters. The van der Waals surface area contributed by atoms with Crippen molar-refractivity contribution in [3.8, 4) is 0 Å². The van der Waals surface area contributed by atoms with E-state index in [1.807, 2.05) is 6.92 Å². The molecule has 0 aliphatic heterocycles. The summed E-state index contributed by atoms with van der Waals surface area (Å²) >= 11 is 0. The second-order valence-electron chi connectivity index (χ2n) is 4.17. The Hall–Kier alpha value is -0.900. The van der Waals surface area contributed by atoms with E-state index in [-0.39, 0.29) is 6.04 Å². The van der Waals surface area contributed by atoms with Crippen molar-refractivity contribution in [1.29, 1.82) is 0 Å².